The number of hydrogen-bond acceptors (Lipinski definition) is 0. The monoisotopic (exact) mass is 201 g/mol. The van der Waals surface area contributed by atoms with E-state index in [1.54, 1.807) is 12.1 Å². The molecule has 2 heteroatoms. The number of halogens is 1. The van der Waals surface area contributed by atoms with E-state index in [0.717, 1.165) is 30.3 Å². The van der Waals surface area contributed by atoms with Gasteiger partial charge in [-0.05, 0) is 36.1 Å². The second-order valence-electron chi connectivity index (χ2n) is 3.52. The van der Waals surface area contributed by atoms with Crippen LogP contribution in [0.15, 0.2) is 30.5 Å². The average Bonchev–Trinajstić information content (AvgIpc) is 2.62. The molecule has 0 spiro atoms. The Balaban J connectivity index is 2.28. The van der Waals surface area contributed by atoms with Gasteiger partial charge >= 0.3 is 0 Å². The van der Waals surface area contributed by atoms with Crippen molar-refractivity contribution < 1.29 is 4.39 Å². The maximum Gasteiger partial charge on any atom is 0.125 e. The topological polar surface area (TPSA) is 4.93 Å². The molecular formula is C13H12FN. The molecule has 1 heterocycles. The van der Waals surface area contributed by atoms with Gasteiger partial charge in [0, 0.05) is 19.2 Å². The summed E-state index contributed by atoms with van der Waals surface area (Å²) < 4.78 is 15.1. The predicted molar refractivity (Wildman–Crippen MR) is 60.0 cm³/mol. The van der Waals surface area contributed by atoms with E-state index in [0.29, 0.717) is 0 Å². The lowest BCUT2D eigenvalue weighted by Gasteiger charge is -2.03. The Morgan fingerprint density at radius 1 is 1.33 bits per heavy atom. The fourth-order valence-corrected chi connectivity index (χ4v) is 1.70. The van der Waals surface area contributed by atoms with Crippen LogP contribution >= 0.6 is 0 Å². The molecule has 2 rings (SSSR count). The third kappa shape index (κ3) is 2.02. The molecule has 0 atom stereocenters. The van der Waals surface area contributed by atoms with E-state index in [1.165, 1.54) is 6.07 Å². The number of nitrogens with zero attached hydrogens (tertiary/aromatic N) is 1. The van der Waals surface area contributed by atoms with Crippen LogP contribution in [0, 0.1) is 18.2 Å². The summed E-state index contributed by atoms with van der Waals surface area (Å²) in [6, 6.07) is 6.83. The van der Waals surface area contributed by atoms with Crippen molar-refractivity contribution in [3.63, 3.8) is 0 Å². The van der Waals surface area contributed by atoms with Crippen LogP contribution in [0.2, 0.25) is 0 Å². The van der Waals surface area contributed by atoms with Gasteiger partial charge in [-0.15, -0.1) is 12.3 Å². The molecule has 0 N–H and O–H groups in total. The summed E-state index contributed by atoms with van der Waals surface area (Å²) in [5.41, 5.74) is 0.937. The minimum atomic E-state index is -0.195. The van der Waals surface area contributed by atoms with Crippen molar-refractivity contribution in [3.05, 3.63) is 36.3 Å². The van der Waals surface area contributed by atoms with Crippen LogP contribution in [-0.2, 0) is 6.54 Å². The third-order valence-corrected chi connectivity index (χ3v) is 2.46. The molecule has 0 aliphatic carbocycles. The van der Waals surface area contributed by atoms with Crippen LogP contribution < -0.4 is 0 Å². The Hall–Kier alpha value is -1.75. The van der Waals surface area contributed by atoms with Crippen molar-refractivity contribution in [2.24, 2.45) is 0 Å². The molecule has 0 bridgehead atoms. The fraction of sp³-hybridized carbons (Fsp3) is 0.231. The number of benzene rings is 1. The van der Waals surface area contributed by atoms with Crippen molar-refractivity contribution in [3.8, 4) is 12.3 Å². The van der Waals surface area contributed by atoms with Gasteiger partial charge in [-0.1, -0.05) is 0 Å². The quantitative estimate of drug-likeness (QED) is 0.531. The number of aryl methyl sites for hydroxylation is 1. The first-order valence-electron chi connectivity index (χ1n) is 4.99. The molecule has 1 nitrogen and oxygen atoms in total. The molecule has 0 saturated heterocycles. The lowest BCUT2D eigenvalue weighted by atomic mass is 10.2. The van der Waals surface area contributed by atoms with Crippen molar-refractivity contribution in [2.45, 2.75) is 19.4 Å². The van der Waals surface area contributed by atoms with Crippen LogP contribution in [0.4, 0.5) is 4.39 Å². The standard InChI is InChI=1S/C13H12FN/c1-2-3-4-8-15-9-7-11-5-6-12(14)10-13(11)15/h1,5-7,9-10H,3-4,8H2. The summed E-state index contributed by atoms with van der Waals surface area (Å²) in [6.07, 6.45) is 8.84. The molecule has 2 aromatic rings. The lowest BCUT2D eigenvalue weighted by Crippen LogP contribution is -1.95. The van der Waals surface area contributed by atoms with E-state index in [-0.39, 0.29) is 5.82 Å². The lowest BCUT2D eigenvalue weighted by molar-refractivity contribution is 0.626. The Bertz CT molecular complexity index is 505. The van der Waals surface area contributed by atoms with Gasteiger partial charge in [0.05, 0.1) is 5.52 Å². The number of rotatable bonds is 3. The number of aromatic nitrogens is 1. The zero-order valence-corrected chi connectivity index (χ0v) is 8.41. The second-order valence-corrected chi connectivity index (χ2v) is 3.52. The highest BCUT2D eigenvalue weighted by Gasteiger charge is 2.01. The van der Waals surface area contributed by atoms with Crippen molar-refractivity contribution in [2.75, 3.05) is 0 Å². The van der Waals surface area contributed by atoms with Gasteiger partial charge < -0.3 is 4.57 Å². The second kappa shape index (κ2) is 4.18. The summed E-state index contributed by atoms with van der Waals surface area (Å²) in [6.45, 7) is 0.844. The van der Waals surface area contributed by atoms with Gasteiger partial charge in [0.2, 0.25) is 0 Å². The molecule has 76 valence electrons. The first-order chi connectivity index (χ1) is 7.31. The third-order valence-electron chi connectivity index (χ3n) is 2.46. The molecule has 0 unspecified atom stereocenters. The van der Waals surface area contributed by atoms with Crippen molar-refractivity contribution >= 4 is 10.9 Å². The summed E-state index contributed by atoms with van der Waals surface area (Å²) in [7, 11) is 0. The highest BCUT2D eigenvalue weighted by molar-refractivity contribution is 5.80. The Labute approximate surface area is 88.5 Å². The SMILES string of the molecule is C#CCCCn1ccc2ccc(F)cc21. The van der Waals surface area contributed by atoms with Crippen LogP contribution in [0.1, 0.15) is 12.8 Å². The van der Waals surface area contributed by atoms with E-state index in [2.05, 4.69) is 5.92 Å². The zero-order valence-electron chi connectivity index (χ0n) is 8.41. The largest absolute Gasteiger partial charge is 0.347 e. The minimum Gasteiger partial charge on any atom is -0.347 e. The molecular weight excluding hydrogens is 189 g/mol. The summed E-state index contributed by atoms with van der Waals surface area (Å²) in [5, 5.41) is 1.07. The van der Waals surface area contributed by atoms with Gasteiger partial charge in [-0.25, -0.2) is 4.39 Å². The molecule has 1 aromatic heterocycles. The minimum absolute atomic E-state index is 0.195. The van der Waals surface area contributed by atoms with Gasteiger partial charge in [0.25, 0.3) is 0 Å². The predicted octanol–water partition coefficient (Wildman–Crippen LogP) is 3.19. The molecule has 15 heavy (non-hydrogen) atoms. The van der Waals surface area contributed by atoms with Crippen LogP contribution in [0.3, 0.4) is 0 Å². The normalized spacial score (nSPS) is 10.4. The maximum atomic E-state index is 13.0. The zero-order chi connectivity index (χ0) is 10.7. The molecule has 0 amide bonds. The number of fused-ring (bicyclic) bond motifs is 1. The average molecular weight is 201 g/mol. The van der Waals surface area contributed by atoms with E-state index in [4.69, 9.17) is 6.42 Å². The maximum absolute atomic E-state index is 13.0. The molecule has 0 radical (unpaired) electrons. The Morgan fingerprint density at radius 2 is 2.20 bits per heavy atom. The first kappa shape index (κ1) is 9.79. The van der Waals surface area contributed by atoms with Crippen molar-refractivity contribution in [1.82, 2.24) is 4.57 Å². The van der Waals surface area contributed by atoms with Crippen LogP contribution in [-0.4, -0.2) is 4.57 Å². The molecule has 0 aliphatic heterocycles. The van der Waals surface area contributed by atoms with Gasteiger partial charge in [-0.3, -0.25) is 0 Å². The van der Waals surface area contributed by atoms with E-state index in [9.17, 15) is 4.39 Å². The number of unbranched alkanes of at least 4 members (excludes halogenated alkanes) is 1. The number of hydrogen-bond donors (Lipinski definition) is 0. The highest BCUT2D eigenvalue weighted by atomic mass is 19.1. The molecule has 0 aliphatic rings. The summed E-state index contributed by atoms with van der Waals surface area (Å²) >= 11 is 0. The molecule has 0 saturated carbocycles. The highest BCUT2D eigenvalue weighted by Crippen LogP contribution is 2.17. The Morgan fingerprint density at radius 3 is 3.00 bits per heavy atom. The Kier molecular flexibility index (Phi) is 2.73. The van der Waals surface area contributed by atoms with Gasteiger partial charge in [0.1, 0.15) is 5.82 Å². The van der Waals surface area contributed by atoms with E-state index in [1.807, 2.05) is 16.8 Å². The summed E-state index contributed by atoms with van der Waals surface area (Å²) in [4.78, 5) is 0. The molecule has 0 fully saturated rings. The smallest absolute Gasteiger partial charge is 0.125 e. The summed E-state index contributed by atoms with van der Waals surface area (Å²) in [5.74, 6) is 2.41. The van der Waals surface area contributed by atoms with E-state index < -0.39 is 0 Å². The van der Waals surface area contributed by atoms with Crippen LogP contribution in [0.5, 0.6) is 0 Å². The first-order valence-corrected chi connectivity index (χ1v) is 4.99. The van der Waals surface area contributed by atoms with Gasteiger partial charge in [0.15, 0.2) is 0 Å². The van der Waals surface area contributed by atoms with Crippen LogP contribution in [0.25, 0.3) is 10.9 Å². The van der Waals surface area contributed by atoms with E-state index >= 15 is 0 Å². The molecule has 1 aromatic carbocycles. The van der Waals surface area contributed by atoms with Crippen molar-refractivity contribution in [1.29, 1.82) is 0 Å². The number of terminal acetylenes is 1. The van der Waals surface area contributed by atoms with Gasteiger partial charge in [-0.2, -0.15) is 0 Å². The fourth-order valence-electron chi connectivity index (χ4n) is 1.70.